The molecular formula is C25H34N2O3S. The van der Waals surface area contributed by atoms with E-state index in [0.717, 1.165) is 43.5 Å². The van der Waals surface area contributed by atoms with E-state index in [9.17, 15) is 13.2 Å². The maximum absolute atomic E-state index is 12.7. The number of unbranched alkanes of at least 4 members (excludes halogenated alkanes) is 1. The van der Waals surface area contributed by atoms with Gasteiger partial charge in [0.05, 0.1) is 6.26 Å². The number of aryl methyl sites for hydroxylation is 1. The number of hydrogen-bond acceptors (Lipinski definition) is 4. The lowest BCUT2D eigenvalue weighted by atomic mass is 9.96. The Morgan fingerprint density at radius 3 is 2.58 bits per heavy atom. The van der Waals surface area contributed by atoms with Gasteiger partial charge in [-0.1, -0.05) is 36.4 Å². The predicted molar refractivity (Wildman–Crippen MR) is 126 cm³/mol. The highest BCUT2D eigenvalue weighted by atomic mass is 32.2. The third-order valence-corrected chi connectivity index (χ3v) is 7.44. The molecule has 0 N–H and O–H groups in total. The SMILES string of the molecule is Cc1ccccc1CCN(C)CCCCC(=O)c1ccc2c(c1)CN(S(C)(=O)=O)CC2. The summed E-state index contributed by atoms with van der Waals surface area (Å²) in [5, 5.41) is 0. The molecule has 0 aliphatic carbocycles. The van der Waals surface area contributed by atoms with Crippen LogP contribution >= 0.6 is 0 Å². The summed E-state index contributed by atoms with van der Waals surface area (Å²) in [6.45, 7) is 5.02. The zero-order valence-corrected chi connectivity index (χ0v) is 19.7. The molecule has 1 heterocycles. The van der Waals surface area contributed by atoms with Gasteiger partial charge in [-0.2, -0.15) is 4.31 Å². The first-order valence-corrected chi connectivity index (χ1v) is 12.9. The van der Waals surface area contributed by atoms with Crippen LogP contribution in [0.2, 0.25) is 0 Å². The third-order valence-electron chi connectivity index (χ3n) is 6.19. The molecule has 3 rings (SSSR count). The second-order valence-corrected chi connectivity index (χ2v) is 10.7. The maximum Gasteiger partial charge on any atom is 0.211 e. The van der Waals surface area contributed by atoms with Crippen molar-refractivity contribution >= 4 is 15.8 Å². The molecule has 2 aromatic carbocycles. The highest BCUT2D eigenvalue weighted by molar-refractivity contribution is 7.88. The van der Waals surface area contributed by atoms with Gasteiger partial charge in [-0.05, 0) is 74.5 Å². The number of Topliss-reactive ketones (excluding diaryl/α,β-unsaturated/α-hetero) is 1. The fourth-order valence-corrected chi connectivity index (χ4v) is 4.91. The maximum atomic E-state index is 12.7. The van der Waals surface area contributed by atoms with Crippen molar-refractivity contribution in [2.45, 2.75) is 45.6 Å². The van der Waals surface area contributed by atoms with E-state index in [1.165, 1.54) is 21.7 Å². The quantitative estimate of drug-likeness (QED) is 0.414. The molecule has 0 atom stereocenters. The van der Waals surface area contributed by atoms with E-state index in [4.69, 9.17) is 0 Å². The Kier molecular flexibility index (Phi) is 8.03. The van der Waals surface area contributed by atoms with Gasteiger partial charge in [0.25, 0.3) is 0 Å². The van der Waals surface area contributed by atoms with E-state index in [1.54, 1.807) is 0 Å². The molecule has 0 unspecified atom stereocenters. The van der Waals surface area contributed by atoms with E-state index in [2.05, 4.69) is 43.1 Å². The number of sulfonamides is 1. The zero-order valence-electron chi connectivity index (χ0n) is 18.9. The average molecular weight is 443 g/mol. The van der Waals surface area contributed by atoms with Crippen molar-refractivity contribution < 1.29 is 13.2 Å². The molecule has 0 spiro atoms. The fourth-order valence-electron chi connectivity index (χ4n) is 4.11. The van der Waals surface area contributed by atoms with Crippen LogP contribution in [0.1, 0.15) is 51.9 Å². The second kappa shape index (κ2) is 10.5. The van der Waals surface area contributed by atoms with Crippen LogP contribution < -0.4 is 0 Å². The molecule has 1 aliphatic rings. The summed E-state index contributed by atoms with van der Waals surface area (Å²) in [5.74, 6) is 0.141. The molecule has 0 aromatic heterocycles. The molecular weight excluding hydrogens is 408 g/mol. The molecule has 6 heteroatoms. The van der Waals surface area contributed by atoms with Gasteiger partial charge in [-0.25, -0.2) is 8.42 Å². The molecule has 5 nitrogen and oxygen atoms in total. The summed E-state index contributed by atoms with van der Waals surface area (Å²) in [6.07, 6.45) is 5.36. The Labute approximate surface area is 187 Å². The Morgan fingerprint density at radius 2 is 1.84 bits per heavy atom. The average Bonchev–Trinajstić information content (AvgIpc) is 2.74. The molecule has 0 radical (unpaired) electrons. The predicted octanol–water partition coefficient (Wildman–Crippen LogP) is 3.84. The van der Waals surface area contributed by atoms with Gasteiger partial charge in [-0.3, -0.25) is 4.79 Å². The molecule has 0 amide bonds. The lowest BCUT2D eigenvalue weighted by Gasteiger charge is -2.27. The van der Waals surface area contributed by atoms with Gasteiger partial charge in [0.2, 0.25) is 10.0 Å². The van der Waals surface area contributed by atoms with Gasteiger partial charge in [0, 0.05) is 31.6 Å². The minimum absolute atomic E-state index is 0.141. The number of ketones is 1. The lowest BCUT2D eigenvalue weighted by Crippen LogP contribution is -2.35. The topological polar surface area (TPSA) is 57.7 Å². The number of carbonyl (C=O) groups is 1. The van der Waals surface area contributed by atoms with Crippen molar-refractivity contribution in [3.05, 3.63) is 70.3 Å². The summed E-state index contributed by atoms with van der Waals surface area (Å²) >= 11 is 0. The van der Waals surface area contributed by atoms with Gasteiger partial charge < -0.3 is 4.90 Å². The van der Waals surface area contributed by atoms with Crippen LogP contribution in [0.25, 0.3) is 0 Å². The van der Waals surface area contributed by atoms with Gasteiger partial charge in [0.1, 0.15) is 0 Å². The summed E-state index contributed by atoms with van der Waals surface area (Å²) in [4.78, 5) is 15.0. The number of fused-ring (bicyclic) bond motifs is 1. The lowest BCUT2D eigenvalue weighted by molar-refractivity contribution is 0.0978. The normalized spacial score (nSPS) is 14.6. The molecule has 168 valence electrons. The Balaban J connectivity index is 1.43. The monoisotopic (exact) mass is 442 g/mol. The minimum atomic E-state index is -3.21. The van der Waals surface area contributed by atoms with E-state index < -0.39 is 10.0 Å². The largest absolute Gasteiger partial charge is 0.306 e. The van der Waals surface area contributed by atoms with Crippen molar-refractivity contribution in [3.63, 3.8) is 0 Å². The third kappa shape index (κ3) is 6.73. The van der Waals surface area contributed by atoms with Crippen molar-refractivity contribution in [2.75, 3.05) is 32.9 Å². The van der Waals surface area contributed by atoms with Crippen LogP contribution in [0.4, 0.5) is 0 Å². The van der Waals surface area contributed by atoms with E-state index in [-0.39, 0.29) is 5.78 Å². The highest BCUT2D eigenvalue weighted by Gasteiger charge is 2.23. The van der Waals surface area contributed by atoms with Crippen molar-refractivity contribution in [3.8, 4) is 0 Å². The van der Waals surface area contributed by atoms with Crippen LogP contribution in [0, 0.1) is 6.92 Å². The van der Waals surface area contributed by atoms with Crippen molar-refractivity contribution in [1.29, 1.82) is 0 Å². The smallest absolute Gasteiger partial charge is 0.211 e. The van der Waals surface area contributed by atoms with Crippen LogP contribution in [0.15, 0.2) is 42.5 Å². The fraction of sp³-hybridized carbons (Fsp3) is 0.480. The number of rotatable bonds is 10. The van der Waals surface area contributed by atoms with Gasteiger partial charge in [0.15, 0.2) is 5.78 Å². The number of benzene rings is 2. The Bertz CT molecular complexity index is 1020. The summed E-state index contributed by atoms with van der Waals surface area (Å²) in [6, 6.07) is 14.3. The van der Waals surface area contributed by atoms with Gasteiger partial charge >= 0.3 is 0 Å². The summed E-state index contributed by atoms with van der Waals surface area (Å²) in [5.41, 5.74) is 5.53. The first-order valence-electron chi connectivity index (χ1n) is 11.1. The van der Waals surface area contributed by atoms with Crippen LogP contribution in [0.5, 0.6) is 0 Å². The number of carbonyl (C=O) groups excluding carboxylic acids is 1. The first kappa shape index (κ1) is 23.6. The van der Waals surface area contributed by atoms with Gasteiger partial charge in [-0.15, -0.1) is 0 Å². The minimum Gasteiger partial charge on any atom is -0.306 e. The summed E-state index contributed by atoms with van der Waals surface area (Å²) < 4.78 is 25.2. The molecule has 31 heavy (non-hydrogen) atoms. The molecule has 0 saturated heterocycles. The van der Waals surface area contributed by atoms with Crippen molar-refractivity contribution in [2.24, 2.45) is 0 Å². The Hall–Kier alpha value is -2.02. The number of hydrogen-bond donors (Lipinski definition) is 0. The summed E-state index contributed by atoms with van der Waals surface area (Å²) in [7, 11) is -1.07. The standard InChI is InChI=1S/C25H34N2O3S/c1-20-8-4-5-9-21(20)13-16-26(2)15-7-6-10-25(28)23-12-11-22-14-17-27(31(3,29)30)19-24(22)18-23/h4-5,8-9,11-12,18H,6-7,10,13-17,19H2,1-3H3. The molecule has 0 saturated carbocycles. The van der Waals surface area contributed by atoms with Crippen LogP contribution in [-0.2, 0) is 29.4 Å². The first-order chi connectivity index (χ1) is 14.7. The Morgan fingerprint density at radius 1 is 1.06 bits per heavy atom. The number of nitrogens with zero attached hydrogens (tertiary/aromatic N) is 2. The van der Waals surface area contributed by atoms with Crippen molar-refractivity contribution in [1.82, 2.24) is 9.21 Å². The van der Waals surface area contributed by atoms with E-state index in [1.807, 2.05) is 18.2 Å². The van der Waals surface area contributed by atoms with E-state index in [0.29, 0.717) is 31.5 Å². The molecule has 0 fully saturated rings. The molecule has 0 bridgehead atoms. The molecule has 1 aliphatic heterocycles. The zero-order chi connectivity index (χ0) is 22.4. The van der Waals surface area contributed by atoms with Crippen LogP contribution in [0.3, 0.4) is 0 Å². The second-order valence-electron chi connectivity index (χ2n) is 8.69. The van der Waals surface area contributed by atoms with Crippen LogP contribution in [-0.4, -0.2) is 56.3 Å². The molecule has 2 aromatic rings. The highest BCUT2D eigenvalue weighted by Crippen LogP contribution is 2.23. The number of likely N-dealkylation sites (N-methyl/N-ethyl adjacent to an activating group) is 1. The van der Waals surface area contributed by atoms with E-state index >= 15 is 0 Å².